The molecule has 10 aromatic rings. The lowest BCUT2D eigenvalue weighted by molar-refractivity contribution is 0.476. The molecule has 0 saturated carbocycles. The third kappa shape index (κ3) is 4.78. The minimum atomic E-state index is 0.0397. The van der Waals surface area contributed by atoms with Crippen molar-refractivity contribution >= 4 is 70.2 Å². The molecule has 8 aromatic carbocycles. The van der Waals surface area contributed by atoms with Crippen molar-refractivity contribution in [2.75, 3.05) is 0 Å². The molecule has 0 atom stereocenters. The maximum absolute atomic E-state index is 12.3. The predicted molar refractivity (Wildman–Crippen MR) is 224 cm³/mol. The number of aromatic nitrogens is 2. The van der Waals surface area contributed by atoms with Crippen LogP contribution in [0.5, 0.6) is 5.75 Å². The normalized spacial score (nSPS) is 11.6. The highest BCUT2D eigenvalue weighted by atomic mass is 16.3. The lowest BCUT2D eigenvalue weighted by atomic mass is 9.72. The van der Waals surface area contributed by atoms with Gasteiger partial charge in [-0.1, -0.05) is 138 Å². The zero-order valence-electron chi connectivity index (χ0n) is 28.7. The number of phenols is 1. The minimum absolute atomic E-state index is 0.0397. The van der Waals surface area contributed by atoms with Crippen LogP contribution in [0.25, 0.3) is 88.4 Å². The number of para-hydroxylation sites is 3. The summed E-state index contributed by atoms with van der Waals surface area (Å²) in [4.78, 5) is 0. The largest absolute Gasteiger partial charge is 0.505 e. The van der Waals surface area contributed by atoms with Crippen LogP contribution in [0.2, 0.25) is 0 Å². The molecule has 0 unspecified atom stereocenters. The molecule has 0 spiro atoms. The van der Waals surface area contributed by atoms with Crippen LogP contribution in [0.1, 0.15) is 0 Å². The molecular formula is C48H30B2N2O. The lowest BCUT2D eigenvalue weighted by Crippen LogP contribution is -2.26. The van der Waals surface area contributed by atoms with Crippen molar-refractivity contribution in [2.24, 2.45) is 0 Å². The van der Waals surface area contributed by atoms with Gasteiger partial charge in [-0.3, -0.25) is 0 Å². The summed E-state index contributed by atoms with van der Waals surface area (Å²) in [6, 6.07) is 60.4. The maximum atomic E-state index is 12.3. The maximum Gasteiger partial charge on any atom is 0.146 e. The van der Waals surface area contributed by atoms with E-state index in [1.165, 1.54) is 16.3 Å². The van der Waals surface area contributed by atoms with Gasteiger partial charge in [0.25, 0.3) is 0 Å². The van der Waals surface area contributed by atoms with Gasteiger partial charge in [-0.25, -0.2) is 0 Å². The Morgan fingerprint density at radius 1 is 0.358 bits per heavy atom. The third-order valence-electron chi connectivity index (χ3n) is 10.6. The summed E-state index contributed by atoms with van der Waals surface area (Å²) in [5.41, 5.74) is 11.9. The minimum Gasteiger partial charge on any atom is -0.505 e. The van der Waals surface area contributed by atoms with Gasteiger partial charge < -0.3 is 14.2 Å². The average molecular weight is 672 g/mol. The van der Waals surface area contributed by atoms with Crippen LogP contribution in [-0.4, -0.2) is 29.9 Å². The van der Waals surface area contributed by atoms with E-state index in [2.05, 4.69) is 118 Å². The fourth-order valence-corrected chi connectivity index (χ4v) is 8.20. The first-order chi connectivity index (χ1) is 26.1. The standard InChI is InChI=1S/C48H30B2N2O/c49-45-43(30-14-4-1-5-15-30)46(50)47(48(53)44(45)31-16-6-2-7-17-31)52-40-23-13-11-21-36(40)38-29-33(25-27-42(38)52)32-24-26-41-37(28-32)35-20-10-12-22-39(35)51(41)34-18-8-3-9-19-34/h1-29,53H. The van der Waals surface area contributed by atoms with E-state index in [0.717, 1.165) is 55.3 Å². The highest BCUT2D eigenvalue weighted by Gasteiger charge is 2.25. The Bertz CT molecular complexity index is 2950. The fourth-order valence-electron chi connectivity index (χ4n) is 8.20. The van der Waals surface area contributed by atoms with Crippen molar-refractivity contribution in [1.82, 2.24) is 9.13 Å². The number of nitrogens with zero attached hydrogens (tertiary/aromatic N) is 2. The number of fused-ring (bicyclic) bond motifs is 6. The van der Waals surface area contributed by atoms with Gasteiger partial charge in [0.15, 0.2) is 0 Å². The number of benzene rings is 8. The van der Waals surface area contributed by atoms with Gasteiger partial charge in [0.1, 0.15) is 21.4 Å². The molecule has 0 aliphatic heterocycles. The highest BCUT2D eigenvalue weighted by molar-refractivity contribution is 6.48. The zero-order chi connectivity index (χ0) is 35.6. The zero-order valence-corrected chi connectivity index (χ0v) is 28.7. The third-order valence-corrected chi connectivity index (χ3v) is 10.6. The summed E-state index contributed by atoms with van der Waals surface area (Å²) in [7, 11) is 14.1. The average Bonchev–Trinajstić information content (AvgIpc) is 3.71. The molecule has 5 heteroatoms. The van der Waals surface area contributed by atoms with Crippen LogP contribution in [-0.2, 0) is 0 Å². The Kier molecular flexibility index (Phi) is 7.16. The molecule has 2 aromatic heterocycles. The SMILES string of the molecule is [B]c1c(-c2ccccc2)c([B])c(-n2c3ccccc3c3cc(-c4ccc5c(c4)c4ccccc4n5-c4ccccc4)ccc32)c(O)c1-c1ccccc1. The molecule has 244 valence electrons. The van der Waals surface area contributed by atoms with E-state index in [1.54, 1.807) is 0 Å². The van der Waals surface area contributed by atoms with Gasteiger partial charge in [0.2, 0.25) is 0 Å². The van der Waals surface area contributed by atoms with Gasteiger partial charge >= 0.3 is 0 Å². The molecule has 53 heavy (non-hydrogen) atoms. The van der Waals surface area contributed by atoms with Crippen LogP contribution < -0.4 is 10.9 Å². The molecule has 10 rings (SSSR count). The van der Waals surface area contributed by atoms with E-state index in [0.29, 0.717) is 27.7 Å². The summed E-state index contributed by atoms with van der Waals surface area (Å²) >= 11 is 0. The molecule has 2 heterocycles. The number of rotatable bonds is 5. The Morgan fingerprint density at radius 2 is 0.792 bits per heavy atom. The predicted octanol–water partition coefficient (Wildman–Crippen LogP) is 10.2. The lowest BCUT2D eigenvalue weighted by Gasteiger charge is -2.24. The van der Waals surface area contributed by atoms with Gasteiger partial charge in [0, 0.05) is 32.8 Å². The van der Waals surface area contributed by atoms with Gasteiger partial charge in [0.05, 0.1) is 27.8 Å². The van der Waals surface area contributed by atoms with Crippen molar-refractivity contribution in [2.45, 2.75) is 0 Å². The highest BCUT2D eigenvalue weighted by Crippen LogP contribution is 2.42. The van der Waals surface area contributed by atoms with E-state index in [-0.39, 0.29) is 5.75 Å². The van der Waals surface area contributed by atoms with Crippen LogP contribution >= 0.6 is 0 Å². The Hall–Kier alpha value is -6.71. The Morgan fingerprint density at radius 3 is 1.36 bits per heavy atom. The van der Waals surface area contributed by atoms with Crippen LogP contribution in [0.4, 0.5) is 0 Å². The summed E-state index contributed by atoms with van der Waals surface area (Å²) in [5.74, 6) is 0.0397. The second kappa shape index (κ2) is 12.2. The number of phenolic OH excluding ortho intramolecular Hbond substituents is 1. The van der Waals surface area contributed by atoms with Crippen LogP contribution in [0.3, 0.4) is 0 Å². The summed E-state index contributed by atoms with van der Waals surface area (Å²) in [5, 5.41) is 16.8. The number of hydrogen-bond donors (Lipinski definition) is 1. The topological polar surface area (TPSA) is 30.1 Å². The van der Waals surface area contributed by atoms with Crippen LogP contribution in [0, 0.1) is 0 Å². The van der Waals surface area contributed by atoms with Crippen molar-refractivity contribution in [3.8, 4) is 50.5 Å². The van der Waals surface area contributed by atoms with E-state index >= 15 is 0 Å². The summed E-state index contributed by atoms with van der Waals surface area (Å²) in [6.07, 6.45) is 0. The Balaban J connectivity index is 1.22. The summed E-state index contributed by atoms with van der Waals surface area (Å²) < 4.78 is 4.43. The fraction of sp³-hybridized carbons (Fsp3) is 0. The molecule has 0 aliphatic rings. The molecule has 0 saturated heterocycles. The van der Waals surface area contributed by atoms with Crippen molar-refractivity contribution in [3.63, 3.8) is 0 Å². The first kappa shape index (κ1) is 31.1. The van der Waals surface area contributed by atoms with Crippen molar-refractivity contribution in [1.29, 1.82) is 0 Å². The first-order valence-corrected chi connectivity index (χ1v) is 17.8. The molecule has 0 fully saturated rings. The van der Waals surface area contributed by atoms with Crippen LogP contribution in [0.15, 0.2) is 176 Å². The number of aromatic hydroxyl groups is 1. The number of hydrogen-bond acceptors (Lipinski definition) is 1. The van der Waals surface area contributed by atoms with E-state index in [4.69, 9.17) is 15.7 Å². The van der Waals surface area contributed by atoms with E-state index in [1.807, 2.05) is 66.7 Å². The van der Waals surface area contributed by atoms with E-state index in [9.17, 15) is 5.11 Å². The molecule has 4 radical (unpaired) electrons. The molecule has 0 aliphatic carbocycles. The Labute approximate surface area is 309 Å². The quantitative estimate of drug-likeness (QED) is 0.181. The second-order valence-corrected chi connectivity index (χ2v) is 13.5. The molecular weight excluding hydrogens is 642 g/mol. The molecule has 0 bridgehead atoms. The molecule has 0 amide bonds. The summed E-state index contributed by atoms with van der Waals surface area (Å²) in [6.45, 7) is 0. The molecule has 3 nitrogen and oxygen atoms in total. The first-order valence-electron chi connectivity index (χ1n) is 17.8. The second-order valence-electron chi connectivity index (χ2n) is 13.5. The van der Waals surface area contributed by atoms with Gasteiger partial charge in [-0.2, -0.15) is 0 Å². The van der Waals surface area contributed by atoms with Crippen molar-refractivity contribution in [3.05, 3.63) is 176 Å². The van der Waals surface area contributed by atoms with E-state index < -0.39 is 0 Å². The smallest absolute Gasteiger partial charge is 0.146 e. The van der Waals surface area contributed by atoms with Gasteiger partial charge in [-0.05, 0) is 76.3 Å². The van der Waals surface area contributed by atoms with Crippen molar-refractivity contribution < 1.29 is 5.11 Å². The molecule has 1 N–H and O–H groups in total. The van der Waals surface area contributed by atoms with Gasteiger partial charge in [-0.15, -0.1) is 0 Å². The monoisotopic (exact) mass is 672 g/mol.